The maximum atomic E-state index is 14.0. The summed E-state index contributed by atoms with van der Waals surface area (Å²) in [5.41, 5.74) is 2.23. The Balaban J connectivity index is 1.21. The van der Waals surface area contributed by atoms with Crippen LogP contribution in [0.2, 0.25) is 0 Å². The summed E-state index contributed by atoms with van der Waals surface area (Å²) in [6, 6.07) is 15.3. The van der Waals surface area contributed by atoms with Gasteiger partial charge in [-0.3, -0.25) is 9.59 Å². The first-order valence-corrected chi connectivity index (χ1v) is 14.3. The summed E-state index contributed by atoms with van der Waals surface area (Å²) >= 11 is 0.911. The van der Waals surface area contributed by atoms with E-state index in [9.17, 15) is 36.3 Å². The number of halogens is 5. The standard InChI is InChI=1S/C28H29F5N4O3S/c29-27(30,28(31,32)33)17-37-24(39)22(41-25(37)19-7-2-1-3-8-19)16-23(38)35-13-11-20(12-14-35)36-15-10-18-6-4-5-9-21(18)34-26(36)40/h1-9,20,22,25H,10-17H2,(H,34,40). The van der Waals surface area contributed by atoms with Crippen molar-refractivity contribution >= 4 is 35.3 Å². The fraction of sp³-hybridized carbons (Fsp3) is 0.464. The van der Waals surface area contributed by atoms with Crippen LogP contribution in [-0.2, 0) is 16.0 Å². The largest absolute Gasteiger partial charge is 0.455 e. The molecule has 3 aliphatic heterocycles. The number of benzene rings is 2. The SMILES string of the molecule is O=C(CC1SC(c2ccccc2)N(CC(F)(F)C(F)(F)F)C1=O)N1CCC(N2CCc3ccccc3NC2=O)CC1. The minimum atomic E-state index is -5.81. The van der Waals surface area contributed by atoms with Crippen LogP contribution in [0.25, 0.3) is 0 Å². The first-order valence-electron chi connectivity index (χ1n) is 13.3. The zero-order valence-electron chi connectivity index (χ0n) is 21.9. The van der Waals surface area contributed by atoms with Crippen molar-refractivity contribution in [2.45, 2.75) is 54.4 Å². The molecule has 13 heteroatoms. The Labute approximate surface area is 238 Å². The number of carbonyl (C=O) groups excluding carboxylic acids is 3. The number of nitrogens with zero attached hydrogens (tertiary/aromatic N) is 3. The first-order chi connectivity index (χ1) is 19.4. The van der Waals surface area contributed by atoms with Crippen molar-refractivity contribution in [1.82, 2.24) is 14.7 Å². The molecule has 41 heavy (non-hydrogen) atoms. The molecule has 3 aliphatic rings. The topological polar surface area (TPSA) is 73.0 Å². The van der Waals surface area contributed by atoms with Crippen LogP contribution in [0.1, 0.15) is 35.8 Å². The van der Waals surface area contributed by atoms with Crippen molar-refractivity contribution in [1.29, 1.82) is 0 Å². The molecule has 3 heterocycles. The molecule has 1 N–H and O–H groups in total. The zero-order valence-corrected chi connectivity index (χ0v) is 22.8. The second kappa shape index (κ2) is 11.5. The van der Waals surface area contributed by atoms with Crippen LogP contribution >= 0.6 is 11.8 Å². The fourth-order valence-electron chi connectivity index (χ4n) is 5.52. The van der Waals surface area contributed by atoms with Crippen molar-refractivity contribution in [3.63, 3.8) is 0 Å². The van der Waals surface area contributed by atoms with Gasteiger partial charge in [-0.1, -0.05) is 48.5 Å². The minimum Gasteiger partial charge on any atom is -0.342 e. The highest BCUT2D eigenvalue weighted by Gasteiger charge is 2.60. The number of urea groups is 1. The Morgan fingerprint density at radius 3 is 2.27 bits per heavy atom. The van der Waals surface area contributed by atoms with E-state index in [1.807, 2.05) is 24.3 Å². The third-order valence-electron chi connectivity index (χ3n) is 7.76. The van der Waals surface area contributed by atoms with Crippen LogP contribution in [0, 0.1) is 0 Å². The number of nitrogens with one attached hydrogen (secondary N) is 1. The van der Waals surface area contributed by atoms with Crippen LogP contribution in [0.3, 0.4) is 0 Å². The van der Waals surface area contributed by atoms with Gasteiger partial charge in [0.15, 0.2) is 0 Å². The van der Waals surface area contributed by atoms with Gasteiger partial charge in [0.1, 0.15) is 5.37 Å². The number of piperidine rings is 1. The Kier molecular flexibility index (Phi) is 8.18. The number of hydrogen-bond acceptors (Lipinski definition) is 4. The molecule has 0 aliphatic carbocycles. The van der Waals surface area contributed by atoms with E-state index >= 15 is 0 Å². The number of thioether (sulfide) groups is 1. The monoisotopic (exact) mass is 596 g/mol. The summed E-state index contributed by atoms with van der Waals surface area (Å²) in [5.74, 6) is -6.40. The molecule has 0 saturated carbocycles. The Morgan fingerprint density at radius 2 is 1.59 bits per heavy atom. The molecule has 7 nitrogen and oxygen atoms in total. The second-order valence-corrected chi connectivity index (χ2v) is 11.7. The Bertz CT molecular complexity index is 1290. The van der Waals surface area contributed by atoms with Crippen molar-refractivity contribution in [2.24, 2.45) is 0 Å². The van der Waals surface area contributed by atoms with E-state index in [-0.39, 0.29) is 24.4 Å². The lowest BCUT2D eigenvalue weighted by molar-refractivity contribution is -0.285. The Hall–Kier alpha value is -3.35. The van der Waals surface area contributed by atoms with E-state index < -0.39 is 35.2 Å². The predicted molar refractivity (Wildman–Crippen MR) is 143 cm³/mol. The summed E-state index contributed by atoms with van der Waals surface area (Å²) in [5, 5.41) is 0.771. The molecular formula is C28H29F5N4O3S. The molecule has 0 spiro atoms. The zero-order chi connectivity index (χ0) is 29.4. The number of rotatable bonds is 6. The molecule has 2 unspecified atom stereocenters. The smallest absolute Gasteiger partial charge is 0.342 e. The molecule has 2 atom stereocenters. The third-order valence-corrected chi connectivity index (χ3v) is 9.24. The molecule has 4 amide bonds. The lowest BCUT2D eigenvalue weighted by Gasteiger charge is -2.38. The fourth-order valence-corrected chi connectivity index (χ4v) is 6.96. The summed E-state index contributed by atoms with van der Waals surface area (Å²) in [6.45, 7) is -0.610. The predicted octanol–water partition coefficient (Wildman–Crippen LogP) is 5.30. The molecule has 0 radical (unpaired) electrons. The Morgan fingerprint density at radius 1 is 0.927 bits per heavy atom. The van der Waals surface area contributed by atoms with E-state index in [1.165, 1.54) is 0 Å². The van der Waals surface area contributed by atoms with E-state index in [1.54, 1.807) is 40.1 Å². The van der Waals surface area contributed by atoms with E-state index in [0.29, 0.717) is 49.4 Å². The van der Waals surface area contributed by atoms with Gasteiger partial charge >= 0.3 is 18.1 Å². The number of fused-ring (bicyclic) bond motifs is 1. The molecule has 220 valence electrons. The van der Waals surface area contributed by atoms with Gasteiger partial charge in [-0.15, -0.1) is 11.8 Å². The molecule has 2 aromatic carbocycles. The van der Waals surface area contributed by atoms with Crippen LogP contribution in [0.15, 0.2) is 54.6 Å². The summed E-state index contributed by atoms with van der Waals surface area (Å²) in [4.78, 5) is 43.0. The van der Waals surface area contributed by atoms with Crippen LogP contribution in [-0.4, -0.2) is 82.1 Å². The maximum absolute atomic E-state index is 14.0. The van der Waals surface area contributed by atoms with E-state index in [0.717, 1.165) is 23.0 Å². The van der Waals surface area contributed by atoms with Crippen LogP contribution in [0.5, 0.6) is 0 Å². The average Bonchev–Trinajstić information content (AvgIpc) is 3.12. The van der Waals surface area contributed by atoms with Crippen molar-refractivity contribution < 1.29 is 36.3 Å². The van der Waals surface area contributed by atoms with Gasteiger partial charge in [0.2, 0.25) is 11.8 Å². The van der Waals surface area contributed by atoms with Gasteiger partial charge in [0.25, 0.3) is 0 Å². The number of anilines is 1. The molecular weight excluding hydrogens is 567 g/mol. The van der Waals surface area contributed by atoms with Gasteiger partial charge < -0.3 is 20.0 Å². The van der Waals surface area contributed by atoms with E-state index in [2.05, 4.69) is 5.32 Å². The molecule has 2 saturated heterocycles. The summed E-state index contributed by atoms with van der Waals surface area (Å²) in [7, 11) is 0. The average molecular weight is 597 g/mol. The van der Waals surface area contributed by atoms with Crippen molar-refractivity contribution in [2.75, 3.05) is 31.5 Å². The third kappa shape index (κ3) is 6.14. The van der Waals surface area contributed by atoms with Gasteiger partial charge in [-0.05, 0) is 36.5 Å². The lowest BCUT2D eigenvalue weighted by Crippen LogP contribution is -2.50. The molecule has 0 aromatic heterocycles. The van der Waals surface area contributed by atoms with Crippen LogP contribution < -0.4 is 5.32 Å². The highest BCUT2D eigenvalue weighted by atomic mass is 32.2. The number of likely N-dealkylation sites (tertiary alicyclic amines) is 1. The molecule has 5 rings (SSSR count). The molecule has 2 fully saturated rings. The lowest BCUT2D eigenvalue weighted by atomic mass is 10.0. The summed E-state index contributed by atoms with van der Waals surface area (Å²) < 4.78 is 67.0. The van der Waals surface area contributed by atoms with Crippen molar-refractivity contribution in [3.8, 4) is 0 Å². The minimum absolute atomic E-state index is 0.0848. The van der Waals surface area contributed by atoms with Gasteiger partial charge in [-0.25, -0.2) is 4.79 Å². The maximum Gasteiger partial charge on any atom is 0.455 e. The highest BCUT2D eigenvalue weighted by Crippen LogP contribution is 2.47. The first kappa shape index (κ1) is 29.2. The number of alkyl halides is 5. The van der Waals surface area contributed by atoms with Crippen LogP contribution in [0.4, 0.5) is 32.4 Å². The number of para-hydroxylation sites is 1. The molecule has 2 aromatic rings. The van der Waals surface area contributed by atoms with Gasteiger partial charge in [-0.2, -0.15) is 22.0 Å². The number of hydrogen-bond donors (Lipinski definition) is 1. The normalized spacial score (nSPS) is 22.4. The number of carbonyl (C=O) groups is 3. The van der Waals surface area contributed by atoms with Gasteiger partial charge in [0, 0.05) is 37.8 Å². The van der Waals surface area contributed by atoms with E-state index in [4.69, 9.17) is 0 Å². The number of amides is 4. The summed E-state index contributed by atoms with van der Waals surface area (Å²) in [6.07, 6.45) is -4.38. The second-order valence-electron chi connectivity index (χ2n) is 10.4. The molecule has 0 bridgehead atoms. The quantitative estimate of drug-likeness (QED) is 0.460. The highest BCUT2D eigenvalue weighted by molar-refractivity contribution is 8.01. The van der Waals surface area contributed by atoms with Crippen molar-refractivity contribution in [3.05, 3.63) is 65.7 Å². The van der Waals surface area contributed by atoms with Gasteiger partial charge in [0.05, 0.1) is 11.8 Å².